The van der Waals surface area contributed by atoms with Crippen molar-refractivity contribution in [2.24, 2.45) is 4.99 Å². The van der Waals surface area contributed by atoms with Crippen molar-refractivity contribution in [2.45, 2.75) is 31.6 Å². The zero-order chi connectivity index (χ0) is 47.8. The molecule has 0 radical (unpaired) electrons. The first-order valence-electron chi connectivity index (χ1n) is 24.9. The molecular weight excluding hydrogens is 877 g/mol. The number of nitrogens with zero attached hydrogens (tertiary/aromatic N) is 4. The van der Waals surface area contributed by atoms with Crippen LogP contribution in [0.25, 0.3) is 95.1 Å². The third-order valence-electron chi connectivity index (χ3n) is 14.3. The maximum atomic E-state index is 6.62. The Morgan fingerprint density at radius 1 is 0.403 bits per heavy atom. The smallest absolute Gasteiger partial charge is 0.164 e. The first-order valence-corrected chi connectivity index (χ1v) is 24.9. The van der Waals surface area contributed by atoms with Crippen molar-refractivity contribution in [2.75, 3.05) is 0 Å². The molecule has 5 heteroatoms. The lowest BCUT2D eigenvalue weighted by Crippen LogP contribution is -2.08. The number of furan rings is 1. The largest absolute Gasteiger partial charge is 0.456 e. The highest BCUT2D eigenvalue weighted by Crippen LogP contribution is 2.46. The summed E-state index contributed by atoms with van der Waals surface area (Å²) in [6, 6.07) is 79.2. The van der Waals surface area contributed by atoms with Gasteiger partial charge < -0.3 is 4.42 Å². The maximum Gasteiger partial charge on any atom is 0.164 e. The number of hydrogen-bond donors (Lipinski definition) is 0. The molecule has 0 spiro atoms. The van der Waals surface area contributed by atoms with Gasteiger partial charge in [-0.15, -0.1) is 0 Å². The molecule has 0 amide bonds. The van der Waals surface area contributed by atoms with Gasteiger partial charge in [-0.05, 0) is 118 Å². The second-order valence-electron chi connectivity index (χ2n) is 18.7. The van der Waals surface area contributed by atoms with Crippen LogP contribution >= 0.6 is 0 Å². The molecule has 1 aliphatic carbocycles. The van der Waals surface area contributed by atoms with Gasteiger partial charge in [0.05, 0.1) is 5.71 Å². The first-order chi connectivity index (χ1) is 35.7. The highest BCUT2D eigenvalue weighted by molar-refractivity contribution is 6.14. The van der Waals surface area contributed by atoms with Crippen LogP contribution in [-0.4, -0.2) is 20.7 Å². The number of aliphatic imine (C=N–C) groups is 1. The predicted molar refractivity (Wildman–Crippen MR) is 295 cm³/mol. The molecular formula is C67H48N4O. The number of fused-ring (bicyclic) bond motifs is 6. The topological polar surface area (TPSA) is 64.2 Å². The van der Waals surface area contributed by atoms with Crippen molar-refractivity contribution < 1.29 is 4.42 Å². The number of rotatable bonds is 8. The van der Waals surface area contributed by atoms with E-state index in [1.807, 2.05) is 60.7 Å². The van der Waals surface area contributed by atoms with Gasteiger partial charge in [-0.25, -0.2) is 15.0 Å². The highest BCUT2D eigenvalue weighted by atomic mass is 16.3. The molecule has 2 aliphatic rings. The summed E-state index contributed by atoms with van der Waals surface area (Å²) < 4.78 is 6.62. The molecule has 9 aromatic carbocycles. The zero-order valence-corrected chi connectivity index (χ0v) is 39.6. The minimum absolute atomic E-state index is 0.123. The van der Waals surface area contributed by atoms with Gasteiger partial charge in [0.15, 0.2) is 17.5 Å². The lowest BCUT2D eigenvalue weighted by molar-refractivity contribution is 0.669. The minimum atomic E-state index is 0.123. The Bertz CT molecular complexity index is 3850. The second kappa shape index (κ2) is 18.7. The SMILES string of the molecule is C1=C(C2CCc3ccccc3-c3cc(-c4ccc5oc6cccc(-c7cccc(-c8nc(-c9ccccc9)nc(-c9ccccc9)n8)c7)c6c5c4)ccc32)N=C(c2ccccc2)/C=C(/c2ccccc2)CC1. The van der Waals surface area contributed by atoms with Gasteiger partial charge in [-0.1, -0.05) is 200 Å². The highest BCUT2D eigenvalue weighted by Gasteiger charge is 2.27. The third-order valence-corrected chi connectivity index (χ3v) is 14.3. The average Bonchev–Trinajstić information content (AvgIpc) is 3.74. The van der Waals surface area contributed by atoms with E-state index in [1.54, 1.807) is 0 Å². The van der Waals surface area contributed by atoms with E-state index in [4.69, 9.17) is 24.4 Å². The number of benzene rings is 9. The quantitative estimate of drug-likeness (QED) is 0.152. The lowest BCUT2D eigenvalue weighted by atomic mass is 9.85. The van der Waals surface area contributed by atoms with Crippen LogP contribution in [0.2, 0.25) is 0 Å². The van der Waals surface area contributed by atoms with Gasteiger partial charge in [0.1, 0.15) is 11.2 Å². The molecule has 0 N–H and O–H groups in total. The molecule has 13 rings (SSSR count). The number of aryl methyl sites for hydroxylation is 1. The van der Waals surface area contributed by atoms with Crippen LogP contribution in [0.1, 0.15) is 47.4 Å². The molecule has 1 aliphatic heterocycles. The van der Waals surface area contributed by atoms with E-state index in [9.17, 15) is 0 Å². The molecule has 3 heterocycles. The Kier molecular flexibility index (Phi) is 11.2. The fraction of sp³-hybridized carbons (Fsp3) is 0.0746. The second-order valence-corrected chi connectivity index (χ2v) is 18.7. The molecule has 2 aromatic heterocycles. The Hall–Kier alpha value is -9.06. The molecule has 72 heavy (non-hydrogen) atoms. The Balaban J connectivity index is 0.899. The lowest BCUT2D eigenvalue weighted by Gasteiger charge is -2.22. The molecule has 5 nitrogen and oxygen atoms in total. The number of aromatic nitrogens is 3. The normalized spacial score (nSPS) is 15.3. The van der Waals surface area contributed by atoms with Gasteiger partial charge in [0.25, 0.3) is 0 Å². The van der Waals surface area contributed by atoms with Crippen molar-refractivity contribution in [1.29, 1.82) is 0 Å². The fourth-order valence-electron chi connectivity index (χ4n) is 10.7. The summed E-state index contributed by atoms with van der Waals surface area (Å²) in [5.74, 6) is 2.01. The molecule has 0 saturated carbocycles. The van der Waals surface area contributed by atoms with E-state index in [1.165, 1.54) is 33.4 Å². The van der Waals surface area contributed by atoms with Crippen molar-refractivity contribution in [3.05, 3.63) is 265 Å². The van der Waals surface area contributed by atoms with Crippen LogP contribution in [0, 0.1) is 0 Å². The predicted octanol–water partition coefficient (Wildman–Crippen LogP) is 17.1. The van der Waals surface area contributed by atoms with Gasteiger partial charge in [0, 0.05) is 44.6 Å². The molecule has 342 valence electrons. The molecule has 0 bridgehead atoms. The van der Waals surface area contributed by atoms with Gasteiger partial charge in [-0.2, -0.15) is 0 Å². The van der Waals surface area contributed by atoms with E-state index < -0.39 is 0 Å². The Labute approximate surface area is 419 Å². The summed E-state index contributed by atoms with van der Waals surface area (Å²) in [5.41, 5.74) is 20.0. The van der Waals surface area contributed by atoms with Crippen LogP contribution < -0.4 is 0 Å². The number of hydrogen-bond acceptors (Lipinski definition) is 5. The van der Waals surface area contributed by atoms with Gasteiger partial charge in [-0.3, -0.25) is 4.99 Å². The zero-order valence-electron chi connectivity index (χ0n) is 39.6. The van der Waals surface area contributed by atoms with Crippen LogP contribution in [0.3, 0.4) is 0 Å². The summed E-state index contributed by atoms with van der Waals surface area (Å²) in [5, 5.41) is 2.14. The summed E-state index contributed by atoms with van der Waals surface area (Å²) >= 11 is 0. The van der Waals surface area contributed by atoms with E-state index in [2.05, 4.69) is 176 Å². The van der Waals surface area contributed by atoms with E-state index in [0.717, 1.165) is 104 Å². The molecule has 1 atom stereocenters. The molecule has 11 aromatic rings. The third kappa shape index (κ3) is 8.25. The maximum absolute atomic E-state index is 6.62. The summed E-state index contributed by atoms with van der Waals surface area (Å²) in [7, 11) is 0. The molecule has 0 saturated heterocycles. The Morgan fingerprint density at radius 2 is 0.986 bits per heavy atom. The standard InChI is InChI=1S/C67H48N4O/c1-5-18-44(19-6-1)49-27-16-32-60(68-61(43-49)46-21-7-2-8-22-46)57-38-34-45-20-13-14-30-54(45)58-41-50(35-37-56(57)58)51-36-39-62-59(42-51)64-55(31-17-33-63(64)72-62)52-28-15-29-53(40-52)67-70-65(47-23-9-3-10-24-47)69-66(71-67)48-25-11-4-12-26-48/h1-15,17-26,28-33,35-37,39-43,57H,16,27,34,38H2/b49-43+,60-32?,68-61?. The van der Waals surface area contributed by atoms with Crippen molar-refractivity contribution in [3.63, 3.8) is 0 Å². The van der Waals surface area contributed by atoms with Crippen LogP contribution in [0.4, 0.5) is 0 Å². The van der Waals surface area contributed by atoms with E-state index in [0.29, 0.717) is 17.5 Å². The van der Waals surface area contributed by atoms with Gasteiger partial charge >= 0.3 is 0 Å². The summed E-state index contributed by atoms with van der Waals surface area (Å²) in [4.78, 5) is 20.6. The first kappa shape index (κ1) is 43.0. The summed E-state index contributed by atoms with van der Waals surface area (Å²) in [6.07, 6.45) is 8.55. The van der Waals surface area contributed by atoms with E-state index >= 15 is 0 Å². The van der Waals surface area contributed by atoms with Crippen LogP contribution in [0.5, 0.6) is 0 Å². The van der Waals surface area contributed by atoms with Crippen LogP contribution in [0.15, 0.2) is 252 Å². The monoisotopic (exact) mass is 924 g/mol. The molecule has 1 unspecified atom stereocenters. The van der Waals surface area contributed by atoms with Crippen molar-refractivity contribution in [3.8, 4) is 67.5 Å². The average molecular weight is 925 g/mol. The molecule has 0 fully saturated rings. The number of allylic oxidation sites excluding steroid dienone is 4. The Morgan fingerprint density at radius 3 is 1.72 bits per heavy atom. The van der Waals surface area contributed by atoms with E-state index in [-0.39, 0.29) is 5.92 Å². The minimum Gasteiger partial charge on any atom is -0.456 e. The van der Waals surface area contributed by atoms with Crippen molar-refractivity contribution in [1.82, 2.24) is 15.0 Å². The fourth-order valence-corrected chi connectivity index (χ4v) is 10.7. The summed E-state index contributed by atoms with van der Waals surface area (Å²) in [6.45, 7) is 0. The van der Waals surface area contributed by atoms with Gasteiger partial charge in [0.2, 0.25) is 0 Å². The van der Waals surface area contributed by atoms with Crippen LogP contribution in [-0.2, 0) is 6.42 Å². The van der Waals surface area contributed by atoms with Crippen molar-refractivity contribution >= 4 is 33.2 Å².